The molecule has 2 saturated heterocycles. The molecule has 3 aliphatic rings. The van der Waals surface area contributed by atoms with Crippen molar-refractivity contribution in [1.82, 2.24) is 0 Å². The first kappa shape index (κ1) is 30.8. The Morgan fingerprint density at radius 1 is 1.17 bits per heavy atom. The highest BCUT2D eigenvalue weighted by Gasteiger charge is 2.57. The van der Waals surface area contributed by atoms with E-state index >= 15 is 0 Å². The summed E-state index contributed by atoms with van der Waals surface area (Å²) in [6.45, 7) is 4.67. The fourth-order valence-electron chi connectivity index (χ4n) is 6.83. The van der Waals surface area contributed by atoms with E-state index in [-0.39, 0.29) is 35.0 Å². The molecule has 1 aliphatic carbocycles. The van der Waals surface area contributed by atoms with Crippen molar-refractivity contribution in [3.05, 3.63) is 62.3 Å². The number of carbonyl (C=O) groups excluding carboxylic acids is 2. The predicted molar refractivity (Wildman–Crippen MR) is 170 cm³/mol. The summed E-state index contributed by atoms with van der Waals surface area (Å²) < 4.78 is 12.4. The Kier molecular flexibility index (Phi) is 9.46. The largest absolute Gasteiger partial charge is 0.504 e. The van der Waals surface area contributed by atoms with Crippen LogP contribution in [0.15, 0.2) is 53.1 Å². The maximum atomic E-state index is 13.8. The molecule has 10 heteroatoms. The number of imide groups is 1. The van der Waals surface area contributed by atoms with Crippen LogP contribution in [0.1, 0.15) is 57.9 Å². The standard InChI is InChI=1S/C32H37BINO7/c1-4-7-20-15-23-29(32(38)35(31(23)37)22-9-6-8-21(16-22)33(39)40)24-17-42-26(28(20)24)11-10-18(5-2)12-19-13-25(34)30(36)27(14-19)41-3/h6,8-9,12-14,16,23-24,26,29,36,39-40H,4-5,7,10-11,15,17H2,1-3H3/b18-12+/t23-,24+,26-,29-/m1/s1. The predicted octanol–water partition coefficient (Wildman–Crippen LogP) is 4.58. The van der Waals surface area contributed by atoms with Crippen LogP contribution in [0.5, 0.6) is 11.5 Å². The van der Waals surface area contributed by atoms with Crippen LogP contribution in [0.3, 0.4) is 0 Å². The SMILES string of the molecule is CCCC1=C2[C@@H](CC/C(=C/c3cc(I)c(O)c(OC)c3)CC)OC[C@@H]2[C@@H]2C(=O)N(c3cccc(B(O)O)c3)C(=O)[C@@H]2C1. The third-order valence-electron chi connectivity index (χ3n) is 8.81. The molecule has 5 rings (SSSR count). The van der Waals surface area contributed by atoms with Gasteiger partial charge in [-0.05, 0) is 95.6 Å². The normalized spacial score (nSPS) is 23.9. The van der Waals surface area contributed by atoms with Crippen molar-refractivity contribution in [3.8, 4) is 11.5 Å². The van der Waals surface area contributed by atoms with Crippen LogP contribution < -0.4 is 15.1 Å². The Bertz CT molecular complexity index is 1440. The zero-order valence-corrected chi connectivity index (χ0v) is 26.3. The van der Waals surface area contributed by atoms with Gasteiger partial charge in [0.1, 0.15) is 0 Å². The number of fused-ring (bicyclic) bond motifs is 3. The van der Waals surface area contributed by atoms with E-state index in [1.807, 2.05) is 12.1 Å². The van der Waals surface area contributed by atoms with Gasteiger partial charge in [0.25, 0.3) is 0 Å². The number of hydrogen-bond donors (Lipinski definition) is 3. The minimum absolute atomic E-state index is 0.105. The topological polar surface area (TPSA) is 117 Å². The number of amides is 2. The van der Waals surface area contributed by atoms with Crippen LogP contribution >= 0.6 is 22.6 Å². The van der Waals surface area contributed by atoms with Crippen LogP contribution in [0.25, 0.3) is 6.08 Å². The number of allylic oxidation sites excluding steroid dienone is 2. The molecule has 0 aromatic heterocycles. The van der Waals surface area contributed by atoms with E-state index in [0.29, 0.717) is 24.5 Å². The quantitative estimate of drug-likeness (QED) is 0.145. The van der Waals surface area contributed by atoms with Gasteiger partial charge in [0, 0.05) is 5.92 Å². The zero-order valence-electron chi connectivity index (χ0n) is 24.2. The number of phenols is 1. The Balaban J connectivity index is 1.38. The van der Waals surface area contributed by atoms with Crippen molar-refractivity contribution in [2.45, 2.75) is 58.5 Å². The Morgan fingerprint density at radius 2 is 1.95 bits per heavy atom. The summed E-state index contributed by atoms with van der Waals surface area (Å²) in [5, 5.41) is 29.5. The summed E-state index contributed by atoms with van der Waals surface area (Å²) in [6, 6.07) is 10.1. The molecule has 2 aliphatic heterocycles. The van der Waals surface area contributed by atoms with Gasteiger partial charge in [0.2, 0.25) is 11.8 Å². The van der Waals surface area contributed by atoms with Gasteiger partial charge in [-0.15, -0.1) is 0 Å². The first-order valence-electron chi connectivity index (χ1n) is 14.6. The van der Waals surface area contributed by atoms with Crippen molar-refractivity contribution in [2.24, 2.45) is 17.8 Å². The van der Waals surface area contributed by atoms with Crippen molar-refractivity contribution < 1.29 is 34.2 Å². The average Bonchev–Trinajstić information content (AvgIpc) is 3.51. The van der Waals surface area contributed by atoms with E-state index < -0.39 is 19.0 Å². The van der Waals surface area contributed by atoms with Crippen molar-refractivity contribution >= 4 is 58.7 Å². The minimum atomic E-state index is -1.68. The van der Waals surface area contributed by atoms with Crippen molar-refractivity contribution in [1.29, 1.82) is 0 Å². The molecule has 0 saturated carbocycles. The summed E-state index contributed by atoms with van der Waals surface area (Å²) in [7, 11) is -0.141. The number of hydrogen-bond acceptors (Lipinski definition) is 7. The number of halogens is 1. The van der Waals surface area contributed by atoms with Crippen LogP contribution in [0.4, 0.5) is 5.69 Å². The second-order valence-electron chi connectivity index (χ2n) is 11.3. The van der Waals surface area contributed by atoms with Gasteiger partial charge < -0.3 is 24.6 Å². The van der Waals surface area contributed by atoms with Crippen LogP contribution in [0.2, 0.25) is 0 Å². The number of ether oxygens (including phenoxy) is 2. The lowest BCUT2D eigenvalue weighted by Crippen LogP contribution is -2.35. The molecule has 2 aromatic rings. The van der Waals surface area contributed by atoms with Gasteiger partial charge in [-0.1, -0.05) is 49.6 Å². The number of rotatable bonds is 10. The van der Waals surface area contributed by atoms with Crippen LogP contribution in [-0.2, 0) is 14.3 Å². The molecule has 0 unspecified atom stereocenters. The second kappa shape index (κ2) is 12.9. The third-order valence-corrected chi connectivity index (χ3v) is 9.63. The fraction of sp³-hybridized carbons (Fsp3) is 0.438. The highest BCUT2D eigenvalue weighted by atomic mass is 127. The van der Waals surface area contributed by atoms with Crippen molar-refractivity contribution in [2.75, 3.05) is 18.6 Å². The molecule has 2 amide bonds. The van der Waals surface area contributed by atoms with E-state index in [1.165, 1.54) is 27.7 Å². The second-order valence-corrected chi connectivity index (χ2v) is 12.5. The van der Waals surface area contributed by atoms with Gasteiger partial charge in [-0.2, -0.15) is 0 Å². The average molecular weight is 685 g/mol. The molecule has 2 heterocycles. The molecule has 0 radical (unpaired) electrons. The fourth-order valence-corrected chi connectivity index (χ4v) is 7.45. The maximum Gasteiger partial charge on any atom is 0.488 e. The first-order chi connectivity index (χ1) is 20.2. The molecule has 222 valence electrons. The van der Waals surface area contributed by atoms with Gasteiger partial charge >= 0.3 is 7.12 Å². The number of carbonyl (C=O) groups is 2. The number of phenolic OH excluding ortho intramolecular Hbond substituents is 1. The Hall–Kier alpha value is -2.67. The van der Waals surface area contributed by atoms with Gasteiger partial charge in [0.05, 0.1) is 40.9 Å². The smallest absolute Gasteiger partial charge is 0.488 e. The molecule has 42 heavy (non-hydrogen) atoms. The number of aromatic hydroxyl groups is 1. The summed E-state index contributed by atoms with van der Waals surface area (Å²) in [5.74, 6) is -0.921. The van der Waals surface area contributed by atoms with Crippen LogP contribution in [0, 0.1) is 21.3 Å². The molecule has 2 fully saturated rings. The highest BCUT2D eigenvalue weighted by Crippen LogP contribution is 2.51. The maximum absolute atomic E-state index is 13.8. The lowest BCUT2D eigenvalue weighted by Gasteiger charge is -2.32. The lowest BCUT2D eigenvalue weighted by molar-refractivity contribution is -0.122. The van der Waals surface area contributed by atoms with E-state index in [2.05, 4.69) is 42.5 Å². The van der Waals surface area contributed by atoms with E-state index in [1.54, 1.807) is 25.3 Å². The third kappa shape index (κ3) is 5.78. The number of anilines is 1. The molecular formula is C32H37BINO7. The molecule has 0 spiro atoms. The van der Waals surface area contributed by atoms with E-state index in [9.17, 15) is 24.7 Å². The van der Waals surface area contributed by atoms with Gasteiger partial charge in [0.15, 0.2) is 11.5 Å². The Morgan fingerprint density at radius 3 is 2.64 bits per heavy atom. The highest BCUT2D eigenvalue weighted by molar-refractivity contribution is 14.1. The summed E-state index contributed by atoms with van der Waals surface area (Å²) in [6.07, 6.45) is 6.87. The number of benzene rings is 2. The molecule has 4 atom stereocenters. The summed E-state index contributed by atoms with van der Waals surface area (Å²) in [4.78, 5) is 28.7. The van der Waals surface area contributed by atoms with Crippen molar-refractivity contribution in [3.63, 3.8) is 0 Å². The molecular weight excluding hydrogens is 648 g/mol. The summed E-state index contributed by atoms with van der Waals surface area (Å²) in [5.41, 5.74) is 5.28. The van der Waals surface area contributed by atoms with Gasteiger partial charge in [-0.3, -0.25) is 14.5 Å². The summed E-state index contributed by atoms with van der Waals surface area (Å²) >= 11 is 2.10. The van der Waals surface area contributed by atoms with E-state index in [0.717, 1.165) is 41.2 Å². The Labute approximate surface area is 260 Å². The first-order valence-corrected chi connectivity index (χ1v) is 15.7. The van der Waals surface area contributed by atoms with E-state index in [4.69, 9.17) is 9.47 Å². The monoisotopic (exact) mass is 685 g/mol. The molecule has 3 N–H and O–H groups in total. The number of nitrogens with zero attached hydrogens (tertiary/aromatic N) is 1. The van der Waals surface area contributed by atoms with Crippen LogP contribution in [-0.4, -0.2) is 53.9 Å². The zero-order chi connectivity index (χ0) is 30.1. The molecule has 8 nitrogen and oxygen atoms in total. The number of methoxy groups -OCH3 is 1. The minimum Gasteiger partial charge on any atom is -0.504 e. The lowest BCUT2D eigenvalue weighted by atomic mass is 9.68. The van der Waals surface area contributed by atoms with Gasteiger partial charge in [-0.25, -0.2) is 0 Å². The molecule has 0 bridgehead atoms. The molecule has 2 aromatic carbocycles.